The molecule has 0 atom stereocenters. The standard InChI is InChI=1S/C34H44N6O8/c1-34(2,3)37-25-12-10-24(11-13-25)14-15-38(16-18-39(22-30(41)42)20-26-6-4-8-28(35-26)32(45)46)17-19-40(23-31(43)44)21-27-7-5-9-29(36-27)33(47)48/h4-13,37H,14-23H2,1-3H3,(H,41,42)(H,43,44)(H,45,46)(H,47,48). The molecule has 0 spiro atoms. The van der Waals surface area contributed by atoms with Crippen LogP contribution in [0.5, 0.6) is 0 Å². The second-order valence-electron chi connectivity index (χ2n) is 12.5. The normalized spacial score (nSPS) is 11.6. The molecular weight excluding hydrogens is 620 g/mol. The van der Waals surface area contributed by atoms with Crippen LogP contribution in [0.3, 0.4) is 0 Å². The molecular formula is C34H44N6O8. The van der Waals surface area contributed by atoms with Gasteiger partial charge in [0.25, 0.3) is 0 Å². The molecule has 1 aromatic carbocycles. The maximum absolute atomic E-state index is 11.7. The first-order chi connectivity index (χ1) is 22.7. The van der Waals surface area contributed by atoms with Crippen LogP contribution in [-0.2, 0) is 29.1 Å². The predicted molar refractivity (Wildman–Crippen MR) is 178 cm³/mol. The Morgan fingerprint density at radius 1 is 0.625 bits per heavy atom. The van der Waals surface area contributed by atoms with Crippen LogP contribution in [0.4, 0.5) is 5.69 Å². The zero-order chi connectivity index (χ0) is 35.3. The van der Waals surface area contributed by atoms with E-state index < -0.39 is 23.9 Å². The van der Waals surface area contributed by atoms with Gasteiger partial charge in [-0.15, -0.1) is 0 Å². The number of carbonyl (C=O) groups is 4. The maximum Gasteiger partial charge on any atom is 0.354 e. The lowest BCUT2D eigenvalue weighted by atomic mass is 10.1. The van der Waals surface area contributed by atoms with E-state index in [4.69, 9.17) is 0 Å². The third-order valence-electron chi connectivity index (χ3n) is 7.20. The third kappa shape index (κ3) is 13.8. The van der Waals surface area contributed by atoms with Crippen molar-refractivity contribution in [1.82, 2.24) is 24.7 Å². The maximum atomic E-state index is 11.7. The molecule has 48 heavy (non-hydrogen) atoms. The molecule has 0 aliphatic carbocycles. The fourth-order valence-corrected chi connectivity index (χ4v) is 5.02. The minimum atomic E-state index is -1.18. The predicted octanol–water partition coefficient (Wildman–Crippen LogP) is 3.10. The van der Waals surface area contributed by atoms with Gasteiger partial charge in [-0.1, -0.05) is 24.3 Å². The van der Waals surface area contributed by atoms with Gasteiger partial charge in [-0.2, -0.15) is 0 Å². The summed E-state index contributed by atoms with van der Waals surface area (Å²) >= 11 is 0. The summed E-state index contributed by atoms with van der Waals surface area (Å²) in [5.74, 6) is -4.43. The number of aromatic carboxylic acids is 2. The summed E-state index contributed by atoms with van der Waals surface area (Å²) in [7, 11) is 0. The van der Waals surface area contributed by atoms with E-state index in [-0.39, 0.29) is 43.1 Å². The lowest BCUT2D eigenvalue weighted by Crippen LogP contribution is -2.42. The second kappa shape index (κ2) is 17.8. The molecule has 2 heterocycles. The van der Waals surface area contributed by atoms with Crippen molar-refractivity contribution in [2.75, 3.05) is 51.1 Å². The van der Waals surface area contributed by atoms with Crippen molar-refractivity contribution in [2.24, 2.45) is 0 Å². The highest BCUT2D eigenvalue weighted by Crippen LogP contribution is 2.16. The summed E-state index contributed by atoms with van der Waals surface area (Å²) in [6, 6.07) is 17.3. The zero-order valence-electron chi connectivity index (χ0n) is 27.5. The Hall–Kier alpha value is -4.92. The first-order valence-electron chi connectivity index (χ1n) is 15.5. The SMILES string of the molecule is CC(C)(C)Nc1ccc(CCN(CCN(CC(=O)O)Cc2cccc(C(=O)O)n2)CCN(CC(=O)O)Cc2cccc(C(=O)O)n2)cc1. The summed E-state index contributed by atoms with van der Waals surface area (Å²) in [5.41, 5.74) is 2.60. The molecule has 0 saturated heterocycles. The van der Waals surface area contributed by atoms with Gasteiger partial charge in [0.2, 0.25) is 0 Å². The van der Waals surface area contributed by atoms with Crippen molar-refractivity contribution in [3.05, 3.63) is 89.0 Å². The van der Waals surface area contributed by atoms with E-state index >= 15 is 0 Å². The quantitative estimate of drug-likeness (QED) is 0.118. The Labute approximate surface area is 279 Å². The number of nitrogens with one attached hydrogen (secondary N) is 1. The first kappa shape index (κ1) is 37.5. The Morgan fingerprint density at radius 2 is 1.06 bits per heavy atom. The zero-order valence-corrected chi connectivity index (χ0v) is 27.5. The highest BCUT2D eigenvalue weighted by molar-refractivity contribution is 5.85. The monoisotopic (exact) mass is 664 g/mol. The fourth-order valence-electron chi connectivity index (χ4n) is 5.02. The minimum absolute atomic E-state index is 0.0864. The van der Waals surface area contributed by atoms with Crippen molar-refractivity contribution in [3.8, 4) is 0 Å². The second-order valence-corrected chi connectivity index (χ2v) is 12.5. The highest BCUT2D eigenvalue weighted by atomic mass is 16.4. The van der Waals surface area contributed by atoms with Crippen LogP contribution in [0.2, 0.25) is 0 Å². The van der Waals surface area contributed by atoms with Crippen LogP contribution in [0, 0.1) is 0 Å². The largest absolute Gasteiger partial charge is 0.480 e. The molecule has 3 rings (SSSR count). The number of nitrogens with zero attached hydrogens (tertiary/aromatic N) is 5. The van der Waals surface area contributed by atoms with E-state index in [9.17, 15) is 39.6 Å². The molecule has 0 unspecified atom stereocenters. The highest BCUT2D eigenvalue weighted by Gasteiger charge is 2.18. The molecule has 5 N–H and O–H groups in total. The lowest BCUT2D eigenvalue weighted by molar-refractivity contribution is -0.139. The Balaban J connectivity index is 1.76. The number of aromatic nitrogens is 2. The molecule has 0 amide bonds. The number of aliphatic carboxylic acids is 2. The van der Waals surface area contributed by atoms with Crippen LogP contribution in [0.25, 0.3) is 0 Å². The average molecular weight is 665 g/mol. The van der Waals surface area contributed by atoms with Crippen molar-refractivity contribution in [3.63, 3.8) is 0 Å². The number of carboxylic acids is 4. The van der Waals surface area contributed by atoms with Gasteiger partial charge in [0.05, 0.1) is 24.5 Å². The molecule has 0 fully saturated rings. The van der Waals surface area contributed by atoms with Gasteiger partial charge in [0.1, 0.15) is 11.4 Å². The van der Waals surface area contributed by atoms with Gasteiger partial charge >= 0.3 is 23.9 Å². The summed E-state index contributed by atoms with van der Waals surface area (Å²) in [5, 5.41) is 41.3. The van der Waals surface area contributed by atoms with Crippen LogP contribution in [-0.4, -0.2) is 120 Å². The van der Waals surface area contributed by atoms with Gasteiger partial charge in [0, 0.05) is 57.0 Å². The minimum Gasteiger partial charge on any atom is -0.480 e. The van der Waals surface area contributed by atoms with Crippen LogP contribution in [0.1, 0.15) is 58.7 Å². The van der Waals surface area contributed by atoms with Crippen LogP contribution >= 0.6 is 0 Å². The van der Waals surface area contributed by atoms with E-state index in [1.165, 1.54) is 12.1 Å². The number of pyridine rings is 2. The first-order valence-corrected chi connectivity index (χ1v) is 15.5. The van der Waals surface area contributed by atoms with Gasteiger partial charge in [-0.3, -0.25) is 19.4 Å². The lowest BCUT2D eigenvalue weighted by Gasteiger charge is -2.29. The number of benzene rings is 1. The average Bonchev–Trinajstić information content (AvgIpc) is 3.00. The van der Waals surface area contributed by atoms with Gasteiger partial charge in [-0.25, -0.2) is 19.6 Å². The smallest absolute Gasteiger partial charge is 0.354 e. The van der Waals surface area contributed by atoms with Crippen molar-refractivity contribution >= 4 is 29.6 Å². The Kier molecular flexibility index (Phi) is 14.0. The topological polar surface area (TPSA) is 197 Å². The molecule has 0 radical (unpaired) electrons. The molecule has 0 bridgehead atoms. The molecule has 0 saturated carbocycles. The molecule has 14 nitrogen and oxygen atoms in total. The molecule has 14 heteroatoms. The Morgan fingerprint density at radius 3 is 1.46 bits per heavy atom. The third-order valence-corrected chi connectivity index (χ3v) is 7.20. The van der Waals surface area contributed by atoms with E-state index in [2.05, 4.69) is 41.0 Å². The summed E-state index contributed by atoms with van der Waals surface area (Å²) < 4.78 is 0. The van der Waals surface area contributed by atoms with Crippen molar-refractivity contribution in [2.45, 2.75) is 45.8 Å². The van der Waals surface area contributed by atoms with Crippen LogP contribution < -0.4 is 5.32 Å². The summed E-state index contributed by atoms with van der Waals surface area (Å²) in [4.78, 5) is 60.0. The van der Waals surface area contributed by atoms with Gasteiger partial charge < -0.3 is 30.6 Å². The van der Waals surface area contributed by atoms with Gasteiger partial charge in [-0.05, 0) is 69.2 Å². The van der Waals surface area contributed by atoms with E-state index in [0.717, 1.165) is 11.3 Å². The van der Waals surface area contributed by atoms with E-state index in [0.29, 0.717) is 50.5 Å². The summed E-state index contributed by atoms with van der Waals surface area (Å²) in [6.45, 7) is 8.02. The Bertz CT molecular complexity index is 1460. The molecule has 258 valence electrons. The number of hydrogen-bond acceptors (Lipinski definition) is 10. The molecule has 0 aliphatic rings. The van der Waals surface area contributed by atoms with Crippen molar-refractivity contribution in [1.29, 1.82) is 0 Å². The fraction of sp³-hybridized carbons (Fsp3) is 0.412. The van der Waals surface area contributed by atoms with E-state index in [1.54, 1.807) is 34.1 Å². The molecule has 2 aromatic heterocycles. The van der Waals surface area contributed by atoms with Crippen molar-refractivity contribution < 1.29 is 39.6 Å². The summed E-state index contributed by atoms with van der Waals surface area (Å²) in [6.07, 6.45) is 0.679. The molecule has 0 aliphatic heterocycles. The van der Waals surface area contributed by atoms with E-state index in [1.807, 2.05) is 24.3 Å². The van der Waals surface area contributed by atoms with Gasteiger partial charge in [0.15, 0.2) is 0 Å². The number of carboxylic acid groups (broad SMARTS) is 4. The number of hydrogen-bond donors (Lipinski definition) is 5. The number of rotatable bonds is 20. The van der Waals surface area contributed by atoms with Crippen LogP contribution in [0.15, 0.2) is 60.7 Å². The molecule has 3 aromatic rings. The number of anilines is 1.